The predicted octanol–water partition coefficient (Wildman–Crippen LogP) is 2.58. The standard InChI is InChI=1S/C20H27N5/c1-17-3-5-18(6-4-17)23-11-7-19(8-12-23)24-13-15-25(16-14-24)20-21-9-2-10-22-20/h2-6,9-10,19H,7-8,11-16H2,1H3. The fourth-order valence-corrected chi connectivity index (χ4v) is 3.99. The quantitative estimate of drug-likeness (QED) is 0.860. The fraction of sp³-hybridized carbons (Fsp3) is 0.500. The maximum Gasteiger partial charge on any atom is 0.225 e. The first-order valence-electron chi connectivity index (χ1n) is 9.37. The summed E-state index contributed by atoms with van der Waals surface area (Å²) >= 11 is 0. The number of benzene rings is 1. The summed E-state index contributed by atoms with van der Waals surface area (Å²) in [6.07, 6.45) is 6.18. The van der Waals surface area contributed by atoms with Crippen molar-refractivity contribution in [1.29, 1.82) is 0 Å². The predicted molar refractivity (Wildman–Crippen MR) is 102 cm³/mol. The number of piperazine rings is 1. The first kappa shape index (κ1) is 16.3. The van der Waals surface area contributed by atoms with E-state index in [0.717, 1.165) is 51.3 Å². The first-order valence-corrected chi connectivity index (χ1v) is 9.37. The van der Waals surface area contributed by atoms with Crippen molar-refractivity contribution in [3.63, 3.8) is 0 Å². The van der Waals surface area contributed by atoms with E-state index in [0.29, 0.717) is 0 Å². The molecule has 3 heterocycles. The van der Waals surface area contributed by atoms with Crippen molar-refractivity contribution in [3.05, 3.63) is 48.3 Å². The molecule has 2 saturated heterocycles. The van der Waals surface area contributed by atoms with Crippen LogP contribution in [-0.4, -0.2) is 60.2 Å². The van der Waals surface area contributed by atoms with Crippen LogP contribution >= 0.6 is 0 Å². The Kier molecular flexibility index (Phi) is 4.83. The number of rotatable bonds is 3. The molecule has 0 aliphatic carbocycles. The molecule has 0 amide bonds. The molecule has 0 unspecified atom stereocenters. The third kappa shape index (κ3) is 3.76. The summed E-state index contributed by atoms with van der Waals surface area (Å²) in [6, 6.07) is 11.5. The zero-order valence-electron chi connectivity index (χ0n) is 15.0. The Hall–Kier alpha value is -2.14. The third-order valence-corrected chi connectivity index (χ3v) is 5.53. The van der Waals surface area contributed by atoms with Gasteiger partial charge in [-0.25, -0.2) is 9.97 Å². The number of piperidine rings is 1. The average Bonchev–Trinajstić information content (AvgIpc) is 2.70. The lowest BCUT2D eigenvalue weighted by atomic mass is 10.0. The van der Waals surface area contributed by atoms with Gasteiger partial charge in [-0.3, -0.25) is 4.90 Å². The monoisotopic (exact) mass is 337 g/mol. The van der Waals surface area contributed by atoms with Crippen LogP contribution in [0.15, 0.2) is 42.7 Å². The second-order valence-electron chi connectivity index (χ2n) is 7.13. The van der Waals surface area contributed by atoms with Crippen LogP contribution in [0.5, 0.6) is 0 Å². The van der Waals surface area contributed by atoms with Gasteiger partial charge in [0.1, 0.15) is 0 Å². The molecular formula is C20H27N5. The van der Waals surface area contributed by atoms with Gasteiger partial charge in [-0.1, -0.05) is 17.7 Å². The number of hydrogen-bond donors (Lipinski definition) is 0. The van der Waals surface area contributed by atoms with Crippen molar-refractivity contribution >= 4 is 11.6 Å². The van der Waals surface area contributed by atoms with E-state index in [1.54, 1.807) is 0 Å². The summed E-state index contributed by atoms with van der Waals surface area (Å²) in [7, 11) is 0. The molecule has 0 atom stereocenters. The molecule has 25 heavy (non-hydrogen) atoms. The molecule has 1 aromatic carbocycles. The van der Waals surface area contributed by atoms with E-state index in [9.17, 15) is 0 Å². The van der Waals surface area contributed by atoms with Crippen molar-refractivity contribution in [2.24, 2.45) is 0 Å². The van der Waals surface area contributed by atoms with Crippen molar-refractivity contribution < 1.29 is 0 Å². The maximum absolute atomic E-state index is 4.38. The SMILES string of the molecule is Cc1ccc(N2CCC(N3CCN(c4ncccn4)CC3)CC2)cc1. The lowest BCUT2D eigenvalue weighted by Gasteiger charge is -2.43. The molecule has 5 nitrogen and oxygen atoms in total. The van der Waals surface area contributed by atoms with Crippen LogP contribution < -0.4 is 9.80 Å². The molecule has 5 heteroatoms. The molecular weight excluding hydrogens is 310 g/mol. The van der Waals surface area contributed by atoms with E-state index >= 15 is 0 Å². The Morgan fingerprint density at radius 1 is 0.800 bits per heavy atom. The largest absolute Gasteiger partial charge is 0.371 e. The van der Waals surface area contributed by atoms with Crippen LogP contribution in [0.1, 0.15) is 18.4 Å². The Morgan fingerprint density at radius 2 is 1.44 bits per heavy atom. The van der Waals surface area contributed by atoms with Gasteiger partial charge in [0, 0.05) is 63.4 Å². The van der Waals surface area contributed by atoms with Gasteiger partial charge in [0.25, 0.3) is 0 Å². The molecule has 0 bridgehead atoms. The average molecular weight is 337 g/mol. The Morgan fingerprint density at radius 3 is 2.08 bits per heavy atom. The van der Waals surface area contributed by atoms with Gasteiger partial charge >= 0.3 is 0 Å². The molecule has 2 aromatic rings. The molecule has 132 valence electrons. The molecule has 4 rings (SSSR count). The maximum atomic E-state index is 4.38. The number of nitrogens with zero attached hydrogens (tertiary/aromatic N) is 5. The summed E-state index contributed by atoms with van der Waals surface area (Å²) in [5, 5.41) is 0. The minimum absolute atomic E-state index is 0.723. The molecule has 0 spiro atoms. The topological polar surface area (TPSA) is 35.5 Å². The summed E-state index contributed by atoms with van der Waals surface area (Å²) in [5.41, 5.74) is 2.70. The van der Waals surface area contributed by atoms with Gasteiger partial charge in [-0.2, -0.15) is 0 Å². The van der Waals surface area contributed by atoms with Gasteiger partial charge in [0.15, 0.2) is 0 Å². The van der Waals surface area contributed by atoms with Crippen LogP contribution in [-0.2, 0) is 0 Å². The first-order chi connectivity index (χ1) is 12.3. The summed E-state index contributed by atoms with van der Waals surface area (Å²) in [5.74, 6) is 0.872. The lowest BCUT2D eigenvalue weighted by molar-refractivity contribution is 0.159. The second kappa shape index (κ2) is 7.40. The van der Waals surface area contributed by atoms with Crippen molar-refractivity contribution in [3.8, 4) is 0 Å². The number of aromatic nitrogens is 2. The highest BCUT2D eigenvalue weighted by molar-refractivity contribution is 5.47. The zero-order valence-corrected chi connectivity index (χ0v) is 15.0. The van der Waals surface area contributed by atoms with E-state index in [2.05, 4.69) is 55.9 Å². The van der Waals surface area contributed by atoms with Gasteiger partial charge in [0.2, 0.25) is 5.95 Å². The molecule has 2 fully saturated rings. The molecule has 0 N–H and O–H groups in total. The Labute approximate surface area is 150 Å². The van der Waals surface area contributed by atoms with E-state index in [4.69, 9.17) is 0 Å². The minimum atomic E-state index is 0.723. The van der Waals surface area contributed by atoms with Crippen LogP contribution in [0, 0.1) is 6.92 Å². The van der Waals surface area contributed by atoms with Crippen molar-refractivity contribution in [2.45, 2.75) is 25.8 Å². The van der Waals surface area contributed by atoms with Crippen molar-refractivity contribution in [1.82, 2.24) is 14.9 Å². The van der Waals surface area contributed by atoms with Crippen LogP contribution in [0.4, 0.5) is 11.6 Å². The van der Waals surface area contributed by atoms with Crippen LogP contribution in [0.2, 0.25) is 0 Å². The molecule has 0 saturated carbocycles. The highest BCUT2D eigenvalue weighted by Gasteiger charge is 2.28. The minimum Gasteiger partial charge on any atom is -0.371 e. The number of anilines is 2. The second-order valence-corrected chi connectivity index (χ2v) is 7.13. The third-order valence-electron chi connectivity index (χ3n) is 5.53. The molecule has 1 aromatic heterocycles. The summed E-state index contributed by atoms with van der Waals surface area (Å²) < 4.78 is 0. The normalized spacial score (nSPS) is 20.0. The highest BCUT2D eigenvalue weighted by Crippen LogP contribution is 2.24. The van der Waals surface area contributed by atoms with Crippen LogP contribution in [0.25, 0.3) is 0 Å². The Bertz CT molecular complexity index is 656. The zero-order chi connectivity index (χ0) is 17.1. The van der Waals surface area contributed by atoms with Gasteiger partial charge in [-0.05, 0) is 38.0 Å². The van der Waals surface area contributed by atoms with Crippen molar-refractivity contribution in [2.75, 3.05) is 49.1 Å². The number of hydrogen-bond acceptors (Lipinski definition) is 5. The molecule has 2 aliphatic heterocycles. The molecule has 0 radical (unpaired) electrons. The highest BCUT2D eigenvalue weighted by atomic mass is 15.3. The molecule has 2 aliphatic rings. The number of aryl methyl sites for hydroxylation is 1. The smallest absolute Gasteiger partial charge is 0.225 e. The van der Waals surface area contributed by atoms with E-state index < -0.39 is 0 Å². The van der Waals surface area contributed by atoms with Gasteiger partial charge in [-0.15, -0.1) is 0 Å². The summed E-state index contributed by atoms with van der Waals surface area (Å²) in [6.45, 7) is 8.77. The summed E-state index contributed by atoms with van der Waals surface area (Å²) in [4.78, 5) is 16.3. The van der Waals surface area contributed by atoms with Crippen LogP contribution in [0.3, 0.4) is 0 Å². The van der Waals surface area contributed by atoms with E-state index in [-0.39, 0.29) is 0 Å². The van der Waals surface area contributed by atoms with E-state index in [1.807, 2.05) is 18.5 Å². The van der Waals surface area contributed by atoms with Gasteiger partial charge < -0.3 is 9.80 Å². The fourth-order valence-electron chi connectivity index (χ4n) is 3.99. The van der Waals surface area contributed by atoms with Gasteiger partial charge in [0.05, 0.1) is 0 Å². The lowest BCUT2D eigenvalue weighted by Crippen LogP contribution is -2.53. The van der Waals surface area contributed by atoms with E-state index in [1.165, 1.54) is 24.1 Å². The Balaban J connectivity index is 1.28.